The number of rotatable bonds is 3. The van der Waals surface area contributed by atoms with Crippen LogP contribution in [0, 0.1) is 35.5 Å². The SMILES string of the molecule is CCOc1ccc(N2C(=O)[C@@H]3[C@H]4C=C[C@@H]([C@@H]5C[C@H]45)[C@H]3C2=O)cc1. The van der Waals surface area contributed by atoms with Gasteiger partial charge in [0.15, 0.2) is 0 Å². The highest BCUT2D eigenvalue weighted by atomic mass is 16.5. The molecule has 2 saturated carbocycles. The third-order valence-corrected chi connectivity index (χ3v) is 6.07. The maximum atomic E-state index is 13.0. The van der Waals surface area contributed by atoms with E-state index in [0.29, 0.717) is 24.1 Å². The molecule has 1 aliphatic heterocycles. The number of hydrogen-bond acceptors (Lipinski definition) is 3. The molecule has 0 spiro atoms. The zero-order valence-corrected chi connectivity index (χ0v) is 13.0. The number of imide groups is 1. The van der Waals surface area contributed by atoms with Gasteiger partial charge < -0.3 is 4.74 Å². The largest absolute Gasteiger partial charge is 0.494 e. The Morgan fingerprint density at radius 1 is 1.00 bits per heavy atom. The van der Waals surface area contributed by atoms with Gasteiger partial charge in [-0.05, 0) is 61.3 Å². The second-order valence-electron chi connectivity index (χ2n) is 7.09. The Morgan fingerprint density at radius 2 is 1.57 bits per heavy atom. The summed E-state index contributed by atoms with van der Waals surface area (Å²) < 4.78 is 5.44. The lowest BCUT2D eigenvalue weighted by Crippen LogP contribution is -2.40. The maximum absolute atomic E-state index is 13.0. The summed E-state index contributed by atoms with van der Waals surface area (Å²) in [5, 5.41) is 0. The van der Waals surface area contributed by atoms with Crippen molar-refractivity contribution in [3.8, 4) is 5.75 Å². The van der Waals surface area contributed by atoms with Crippen LogP contribution in [0.25, 0.3) is 0 Å². The first-order chi connectivity index (χ1) is 11.2. The van der Waals surface area contributed by atoms with Crippen LogP contribution in [0.5, 0.6) is 5.75 Å². The van der Waals surface area contributed by atoms with Gasteiger partial charge in [0.05, 0.1) is 24.1 Å². The van der Waals surface area contributed by atoms with Gasteiger partial charge in [-0.15, -0.1) is 0 Å². The number of carbonyl (C=O) groups is 2. The Hall–Kier alpha value is -2.10. The Kier molecular flexibility index (Phi) is 2.59. The van der Waals surface area contributed by atoms with Gasteiger partial charge in [0.1, 0.15) is 5.75 Å². The molecule has 3 fully saturated rings. The molecule has 2 bridgehead atoms. The minimum atomic E-state index is -0.132. The third-order valence-electron chi connectivity index (χ3n) is 6.07. The van der Waals surface area contributed by atoms with Gasteiger partial charge in [-0.3, -0.25) is 14.5 Å². The highest BCUT2D eigenvalue weighted by molar-refractivity contribution is 6.22. The molecule has 1 heterocycles. The van der Waals surface area contributed by atoms with Crippen LogP contribution >= 0.6 is 0 Å². The summed E-state index contributed by atoms with van der Waals surface area (Å²) in [4.78, 5) is 27.3. The van der Waals surface area contributed by atoms with E-state index in [9.17, 15) is 9.59 Å². The standard InChI is InChI=1S/C19H19NO3/c1-2-23-11-5-3-10(4-6-11)20-18(21)16-12-7-8-13(15-9-14(12)15)17(16)19(20)22/h3-8,12-17H,2,9H2,1H3/t12-,13-,14-,15+,16+,17+/m0/s1. The van der Waals surface area contributed by atoms with Crippen molar-refractivity contribution in [2.24, 2.45) is 35.5 Å². The summed E-state index contributed by atoms with van der Waals surface area (Å²) in [5.74, 6) is 2.32. The summed E-state index contributed by atoms with van der Waals surface area (Å²) in [6.07, 6.45) is 5.60. The van der Waals surface area contributed by atoms with Gasteiger partial charge in [-0.1, -0.05) is 12.2 Å². The minimum absolute atomic E-state index is 0.00569. The molecule has 0 radical (unpaired) electrons. The number of carbonyl (C=O) groups excluding carboxylic acids is 2. The lowest BCUT2D eigenvalue weighted by molar-refractivity contribution is -0.124. The zero-order chi connectivity index (χ0) is 15.7. The molecule has 23 heavy (non-hydrogen) atoms. The van der Waals surface area contributed by atoms with Crippen LogP contribution in [-0.4, -0.2) is 18.4 Å². The second kappa shape index (κ2) is 4.47. The molecule has 1 aromatic rings. The summed E-state index contributed by atoms with van der Waals surface area (Å²) in [6, 6.07) is 7.28. The van der Waals surface area contributed by atoms with Crippen molar-refractivity contribution in [1.82, 2.24) is 0 Å². The highest BCUT2D eigenvalue weighted by Crippen LogP contribution is 2.65. The summed E-state index contributed by atoms with van der Waals surface area (Å²) in [5.41, 5.74) is 0.672. The molecule has 0 N–H and O–H groups in total. The molecule has 6 rings (SSSR count). The van der Waals surface area contributed by atoms with Gasteiger partial charge in [0.25, 0.3) is 0 Å². The third kappa shape index (κ3) is 1.66. The summed E-state index contributed by atoms with van der Waals surface area (Å²) >= 11 is 0. The average molecular weight is 309 g/mol. The van der Waals surface area contributed by atoms with Crippen LogP contribution in [-0.2, 0) is 9.59 Å². The molecule has 1 saturated heterocycles. The van der Waals surface area contributed by atoms with Crippen molar-refractivity contribution >= 4 is 17.5 Å². The Bertz CT molecular complexity index is 687. The molecule has 1 aromatic carbocycles. The van der Waals surface area contributed by atoms with E-state index in [1.807, 2.05) is 31.2 Å². The predicted molar refractivity (Wildman–Crippen MR) is 84.8 cm³/mol. The van der Waals surface area contributed by atoms with Gasteiger partial charge in [-0.25, -0.2) is 0 Å². The fraction of sp³-hybridized carbons (Fsp3) is 0.474. The molecule has 4 heteroatoms. The van der Waals surface area contributed by atoms with Crippen molar-refractivity contribution in [3.63, 3.8) is 0 Å². The normalized spacial score (nSPS) is 39.4. The number of allylic oxidation sites excluding steroid dienone is 2. The highest BCUT2D eigenvalue weighted by Gasteiger charge is 2.67. The number of anilines is 1. The molecule has 0 unspecified atom stereocenters. The zero-order valence-electron chi connectivity index (χ0n) is 13.0. The van der Waals surface area contributed by atoms with Crippen molar-refractivity contribution in [3.05, 3.63) is 36.4 Å². The Balaban J connectivity index is 1.49. The maximum Gasteiger partial charge on any atom is 0.238 e. The second-order valence-corrected chi connectivity index (χ2v) is 7.09. The predicted octanol–water partition coefficient (Wildman–Crippen LogP) is 2.64. The molecular formula is C19H19NO3. The van der Waals surface area contributed by atoms with E-state index in [2.05, 4.69) is 12.2 Å². The van der Waals surface area contributed by atoms with Gasteiger partial charge in [0.2, 0.25) is 11.8 Å². The van der Waals surface area contributed by atoms with E-state index in [0.717, 1.165) is 5.75 Å². The minimum Gasteiger partial charge on any atom is -0.494 e. The molecule has 118 valence electrons. The molecular weight excluding hydrogens is 290 g/mol. The van der Waals surface area contributed by atoms with E-state index >= 15 is 0 Å². The fourth-order valence-corrected chi connectivity index (χ4v) is 5.07. The lowest BCUT2D eigenvalue weighted by Gasteiger charge is -2.37. The number of hydrogen-bond donors (Lipinski definition) is 0. The Labute approximate surface area is 135 Å². The first-order valence-electron chi connectivity index (χ1n) is 8.49. The topological polar surface area (TPSA) is 46.6 Å². The molecule has 6 atom stereocenters. The average Bonchev–Trinajstić information content (AvgIpc) is 3.34. The van der Waals surface area contributed by atoms with Crippen LogP contribution < -0.4 is 9.64 Å². The molecule has 4 nitrogen and oxygen atoms in total. The van der Waals surface area contributed by atoms with E-state index in [1.54, 1.807) is 0 Å². The summed E-state index contributed by atoms with van der Waals surface area (Å²) in [6.45, 7) is 2.53. The van der Waals surface area contributed by atoms with E-state index in [-0.39, 0.29) is 35.5 Å². The van der Waals surface area contributed by atoms with Gasteiger partial charge in [-0.2, -0.15) is 0 Å². The number of benzene rings is 1. The van der Waals surface area contributed by atoms with Crippen LogP contribution in [0.15, 0.2) is 36.4 Å². The van der Waals surface area contributed by atoms with Crippen molar-refractivity contribution in [2.75, 3.05) is 11.5 Å². The Morgan fingerprint density at radius 3 is 2.09 bits per heavy atom. The molecule has 2 amide bonds. The van der Waals surface area contributed by atoms with Crippen molar-refractivity contribution in [1.29, 1.82) is 0 Å². The first kappa shape index (κ1) is 13.3. The fourth-order valence-electron chi connectivity index (χ4n) is 5.07. The quantitative estimate of drug-likeness (QED) is 0.637. The number of amides is 2. The van der Waals surface area contributed by atoms with Crippen LogP contribution in [0.2, 0.25) is 0 Å². The van der Waals surface area contributed by atoms with Gasteiger partial charge >= 0.3 is 0 Å². The number of ether oxygens (including phenoxy) is 1. The van der Waals surface area contributed by atoms with Crippen LogP contribution in [0.4, 0.5) is 5.69 Å². The van der Waals surface area contributed by atoms with Crippen LogP contribution in [0.1, 0.15) is 13.3 Å². The van der Waals surface area contributed by atoms with E-state index < -0.39 is 0 Å². The molecule has 4 aliphatic carbocycles. The smallest absolute Gasteiger partial charge is 0.238 e. The molecule has 5 aliphatic rings. The van der Waals surface area contributed by atoms with Crippen LogP contribution in [0.3, 0.4) is 0 Å². The lowest BCUT2D eigenvalue weighted by atomic mass is 9.63. The van der Waals surface area contributed by atoms with Crippen molar-refractivity contribution in [2.45, 2.75) is 13.3 Å². The summed E-state index contributed by atoms with van der Waals surface area (Å²) in [7, 11) is 0. The van der Waals surface area contributed by atoms with Gasteiger partial charge in [0, 0.05) is 0 Å². The van der Waals surface area contributed by atoms with Crippen molar-refractivity contribution < 1.29 is 14.3 Å². The monoisotopic (exact) mass is 309 g/mol. The number of nitrogens with zero attached hydrogens (tertiary/aromatic N) is 1. The first-order valence-corrected chi connectivity index (χ1v) is 8.49. The van der Waals surface area contributed by atoms with E-state index in [4.69, 9.17) is 4.74 Å². The molecule has 0 aromatic heterocycles. The van der Waals surface area contributed by atoms with E-state index in [1.165, 1.54) is 11.3 Å².